The van der Waals surface area contributed by atoms with Gasteiger partial charge in [0.2, 0.25) is 0 Å². The molecule has 0 amide bonds. The zero-order valence-corrected chi connectivity index (χ0v) is 34.3. The van der Waals surface area contributed by atoms with E-state index in [0.29, 0.717) is 0 Å². The fraction of sp³-hybridized carbons (Fsp3) is 0.236. The minimum Gasteiger partial charge on any atom is -0.376 e. The highest BCUT2D eigenvalue weighted by atomic mass is 15.3. The number of rotatable bonds is 3. The minimum atomic E-state index is -0.524. The molecule has 4 heterocycles. The number of hydrogen-bond donors (Lipinski definition) is 0. The first-order valence-corrected chi connectivity index (χ1v) is 21.5. The van der Waals surface area contributed by atoms with Crippen LogP contribution in [-0.4, -0.2) is 12.4 Å². The van der Waals surface area contributed by atoms with E-state index in [0.717, 1.165) is 0 Å². The van der Waals surface area contributed by atoms with E-state index in [4.69, 9.17) is 0 Å². The molecule has 2 unspecified atom stereocenters. The van der Waals surface area contributed by atoms with E-state index < -0.39 is 5.41 Å². The predicted molar refractivity (Wildman–Crippen MR) is 244 cm³/mol. The summed E-state index contributed by atoms with van der Waals surface area (Å²) in [4.78, 5) is 5.68. The number of nitrogens with zero attached hydrogens (tertiary/aromatic N) is 2. The molecule has 0 aromatic heterocycles. The lowest BCUT2D eigenvalue weighted by molar-refractivity contribution is 0.195. The second-order valence-electron chi connectivity index (χ2n) is 19.2. The zero-order valence-electron chi connectivity index (χ0n) is 34.3. The van der Waals surface area contributed by atoms with Crippen molar-refractivity contribution in [2.24, 2.45) is 0 Å². The van der Waals surface area contributed by atoms with Gasteiger partial charge < -0.3 is 9.71 Å². The maximum absolute atomic E-state index is 2.88. The van der Waals surface area contributed by atoms with Crippen molar-refractivity contribution in [1.82, 2.24) is 0 Å². The predicted octanol–water partition coefficient (Wildman–Crippen LogP) is 12.3. The van der Waals surface area contributed by atoms with Gasteiger partial charge in [-0.2, -0.15) is 0 Å². The van der Waals surface area contributed by atoms with Crippen molar-refractivity contribution in [3.8, 4) is 22.3 Å². The van der Waals surface area contributed by atoms with E-state index in [9.17, 15) is 0 Å². The Morgan fingerprint density at radius 3 is 1.88 bits per heavy atom. The van der Waals surface area contributed by atoms with Crippen LogP contribution in [0.15, 0.2) is 158 Å². The highest BCUT2D eigenvalue weighted by Crippen LogP contribution is 2.65. The molecule has 0 N–H and O–H groups in total. The van der Waals surface area contributed by atoms with Gasteiger partial charge in [0.25, 0.3) is 0 Å². The van der Waals surface area contributed by atoms with Gasteiger partial charge in [-0.1, -0.05) is 180 Å². The molecule has 5 aliphatic rings. The molecule has 1 fully saturated rings. The van der Waals surface area contributed by atoms with E-state index in [1.54, 1.807) is 5.56 Å². The van der Waals surface area contributed by atoms with Crippen LogP contribution in [0.5, 0.6) is 0 Å². The van der Waals surface area contributed by atoms with Gasteiger partial charge >= 0.3 is 6.85 Å². The normalized spacial score (nSPS) is 21.4. The molecule has 7 aromatic rings. The lowest BCUT2D eigenvalue weighted by Crippen LogP contribution is -2.65. The Labute approximate surface area is 344 Å². The Morgan fingerprint density at radius 1 is 0.534 bits per heavy atom. The maximum Gasteiger partial charge on any atom is 0.333 e. The first-order chi connectivity index (χ1) is 28.2. The van der Waals surface area contributed by atoms with Gasteiger partial charge in [-0.25, -0.2) is 0 Å². The van der Waals surface area contributed by atoms with Crippen LogP contribution in [0.25, 0.3) is 22.3 Å². The molecule has 0 radical (unpaired) electrons. The lowest BCUT2D eigenvalue weighted by Gasteiger charge is -2.55. The summed E-state index contributed by atoms with van der Waals surface area (Å²) in [6.45, 7) is 12.4. The SMILES string of the molecule is CC(C)(C)c1cc2c3c(c1)C1(C)CCCCC1(C)N3c1cc(-c3ccccc3)cc3c1B2N1c2ccccc2C(c2ccccc2)(c2ccccc2)c2cccc-3c21. The van der Waals surface area contributed by atoms with Gasteiger partial charge in [0.15, 0.2) is 0 Å². The molecule has 0 saturated heterocycles. The third kappa shape index (κ3) is 4.15. The molecule has 1 aliphatic carbocycles. The second-order valence-corrected chi connectivity index (χ2v) is 19.2. The van der Waals surface area contributed by atoms with Crippen LogP contribution >= 0.6 is 0 Å². The Kier molecular flexibility index (Phi) is 6.89. The van der Waals surface area contributed by atoms with Crippen LogP contribution in [0, 0.1) is 0 Å². The highest BCUT2D eigenvalue weighted by Gasteiger charge is 2.63. The minimum absolute atomic E-state index is 0.00572. The standard InChI is InChI=1S/C55H49BN2/c1-52(2,3)40-34-45-51-46(35-40)56-49-42(32-37(36-20-9-6-10-21-36)33-48(49)57(51)54(5)31-18-17-30-53(45,54)4)41-26-19-28-44-50(41)58(56)47-29-16-15-27-43(47)55(44,38-22-11-7-12-23-38)39-24-13-8-14-25-39/h6-16,19-29,32-35H,17-18,30-31H2,1-5H3. The quantitative estimate of drug-likeness (QED) is 0.166. The van der Waals surface area contributed by atoms with Crippen molar-refractivity contribution in [2.45, 2.75) is 82.1 Å². The van der Waals surface area contributed by atoms with Gasteiger partial charge in [-0.05, 0) is 104 Å². The number of hydrogen-bond acceptors (Lipinski definition) is 2. The molecule has 12 rings (SSSR count). The number of benzene rings is 7. The smallest absolute Gasteiger partial charge is 0.333 e. The molecule has 7 aromatic carbocycles. The Balaban J connectivity index is 1.27. The largest absolute Gasteiger partial charge is 0.376 e. The first kappa shape index (κ1) is 34.3. The summed E-state index contributed by atoms with van der Waals surface area (Å²) in [5.74, 6) is 0. The van der Waals surface area contributed by atoms with E-state index in [1.165, 1.54) is 109 Å². The Hall–Kier alpha value is -5.80. The molecule has 4 aliphatic heterocycles. The Morgan fingerprint density at radius 2 is 1.17 bits per heavy atom. The van der Waals surface area contributed by atoms with E-state index in [2.05, 4.69) is 202 Å². The van der Waals surface area contributed by atoms with Crippen molar-refractivity contribution in [2.75, 3.05) is 9.71 Å². The third-order valence-corrected chi connectivity index (χ3v) is 15.4. The van der Waals surface area contributed by atoms with Crippen molar-refractivity contribution in [3.05, 3.63) is 191 Å². The van der Waals surface area contributed by atoms with Gasteiger partial charge in [0.1, 0.15) is 0 Å². The van der Waals surface area contributed by atoms with Crippen molar-refractivity contribution < 1.29 is 0 Å². The highest BCUT2D eigenvalue weighted by molar-refractivity contribution is 6.93. The summed E-state index contributed by atoms with van der Waals surface area (Å²) in [6.07, 6.45) is 4.92. The summed E-state index contributed by atoms with van der Waals surface area (Å²) < 4.78 is 0. The van der Waals surface area contributed by atoms with Gasteiger partial charge in [0, 0.05) is 33.7 Å². The number of anilines is 4. The molecular weight excluding hydrogens is 699 g/mol. The zero-order chi connectivity index (χ0) is 39.2. The van der Waals surface area contributed by atoms with Crippen LogP contribution in [0.3, 0.4) is 0 Å². The topological polar surface area (TPSA) is 6.48 Å². The van der Waals surface area contributed by atoms with Crippen LogP contribution in [-0.2, 0) is 16.2 Å². The van der Waals surface area contributed by atoms with E-state index in [-0.39, 0.29) is 23.2 Å². The average Bonchev–Trinajstić information content (AvgIpc) is 3.47. The van der Waals surface area contributed by atoms with Gasteiger partial charge in [-0.15, -0.1) is 0 Å². The number of fused-ring (bicyclic) bond motifs is 9. The summed E-state index contributed by atoms with van der Waals surface area (Å²) >= 11 is 0. The first-order valence-electron chi connectivity index (χ1n) is 21.5. The number of para-hydroxylation sites is 2. The molecule has 58 heavy (non-hydrogen) atoms. The second kappa shape index (κ2) is 11.7. The van der Waals surface area contributed by atoms with Crippen LogP contribution in [0.2, 0.25) is 0 Å². The monoisotopic (exact) mass is 748 g/mol. The molecule has 0 bridgehead atoms. The summed E-state index contributed by atoms with van der Waals surface area (Å²) in [6, 6.07) is 60.6. The van der Waals surface area contributed by atoms with Crippen molar-refractivity contribution in [3.63, 3.8) is 0 Å². The Bertz CT molecular complexity index is 2780. The van der Waals surface area contributed by atoms with Crippen LogP contribution in [0.4, 0.5) is 22.7 Å². The molecule has 2 nitrogen and oxygen atoms in total. The summed E-state index contributed by atoms with van der Waals surface area (Å²) in [7, 11) is 0. The van der Waals surface area contributed by atoms with E-state index in [1.807, 2.05) is 0 Å². The maximum atomic E-state index is 2.88. The fourth-order valence-electron chi connectivity index (χ4n) is 12.5. The third-order valence-electron chi connectivity index (χ3n) is 15.4. The van der Waals surface area contributed by atoms with Crippen molar-refractivity contribution in [1.29, 1.82) is 0 Å². The van der Waals surface area contributed by atoms with Crippen LogP contribution in [0.1, 0.15) is 93.7 Å². The molecule has 282 valence electrons. The van der Waals surface area contributed by atoms with Gasteiger partial charge in [0.05, 0.1) is 11.0 Å². The van der Waals surface area contributed by atoms with E-state index >= 15 is 0 Å². The van der Waals surface area contributed by atoms with Gasteiger partial charge in [-0.3, -0.25) is 0 Å². The molecule has 2 atom stereocenters. The lowest BCUT2D eigenvalue weighted by atomic mass is 9.41. The van der Waals surface area contributed by atoms with Crippen molar-refractivity contribution >= 4 is 40.5 Å². The van der Waals surface area contributed by atoms with Crippen LogP contribution < -0.4 is 20.6 Å². The molecule has 1 saturated carbocycles. The summed E-state index contributed by atoms with van der Waals surface area (Å²) in [5, 5.41) is 0. The summed E-state index contributed by atoms with van der Waals surface area (Å²) in [5.41, 5.74) is 21.3. The average molecular weight is 749 g/mol. The molecular formula is C55H49BN2. The fourth-order valence-corrected chi connectivity index (χ4v) is 12.5. The molecule has 0 spiro atoms. The molecule has 3 heteroatoms.